The van der Waals surface area contributed by atoms with Crippen molar-refractivity contribution in [3.63, 3.8) is 0 Å². The minimum atomic E-state index is -4.57. The van der Waals surface area contributed by atoms with E-state index in [9.17, 15) is 18.0 Å². The van der Waals surface area contributed by atoms with Crippen molar-refractivity contribution in [2.45, 2.75) is 37.4 Å². The Hall–Kier alpha value is -3.08. The number of benzene rings is 1. The van der Waals surface area contributed by atoms with Crippen molar-refractivity contribution in [3.8, 4) is 6.07 Å². The van der Waals surface area contributed by atoms with Gasteiger partial charge in [0.1, 0.15) is 5.69 Å². The number of pyridine rings is 1. The summed E-state index contributed by atoms with van der Waals surface area (Å²) in [6.07, 6.45) is -0.103. The third kappa shape index (κ3) is 4.19. The molecule has 29 heavy (non-hydrogen) atoms. The van der Waals surface area contributed by atoms with Gasteiger partial charge in [-0.1, -0.05) is 6.07 Å². The largest absolute Gasteiger partial charge is 0.417 e. The molecule has 150 valence electrons. The highest BCUT2D eigenvalue weighted by molar-refractivity contribution is 5.92. The second kappa shape index (κ2) is 7.39. The Labute approximate surface area is 166 Å². The summed E-state index contributed by atoms with van der Waals surface area (Å²) in [5.74, 6) is -0.0580. The summed E-state index contributed by atoms with van der Waals surface area (Å²) < 4.78 is 39.7. The van der Waals surface area contributed by atoms with Gasteiger partial charge in [-0.2, -0.15) is 18.4 Å². The van der Waals surface area contributed by atoms with Gasteiger partial charge >= 0.3 is 6.18 Å². The van der Waals surface area contributed by atoms with Crippen LogP contribution in [0, 0.1) is 11.3 Å². The molecule has 2 aromatic rings. The average molecular weight is 400 g/mol. The van der Waals surface area contributed by atoms with Crippen LogP contribution in [0.5, 0.6) is 0 Å². The van der Waals surface area contributed by atoms with Crippen LogP contribution in [0.15, 0.2) is 36.5 Å². The minimum Gasteiger partial charge on any atom is -0.371 e. The van der Waals surface area contributed by atoms with Crippen molar-refractivity contribution in [3.05, 3.63) is 58.9 Å². The molecule has 8 heteroatoms. The highest BCUT2D eigenvalue weighted by atomic mass is 19.4. The van der Waals surface area contributed by atoms with Gasteiger partial charge in [0.05, 0.1) is 17.2 Å². The number of aromatic nitrogens is 1. The number of nitrogens with zero attached hydrogens (tertiary/aromatic N) is 3. The first-order valence-electron chi connectivity index (χ1n) is 9.48. The lowest BCUT2D eigenvalue weighted by atomic mass is 10.00. The maximum atomic E-state index is 13.2. The van der Waals surface area contributed by atoms with Gasteiger partial charge in [0.2, 0.25) is 0 Å². The van der Waals surface area contributed by atoms with Gasteiger partial charge < -0.3 is 10.2 Å². The molecule has 0 spiro atoms. The van der Waals surface area contributed by atoms with Crippen LogP contribution in [-0.2, 0) is 6.18 Å². The first-order chi connectivity index (χ1) is 13.8. The number of amides is 1. The number of alkyl halides is 3. The molecule has 5 nitrogen and oxygen atoms in total. The van der Waals surface area contributed by atoms with Gasteiger partial charge in [-0.3, -0.25) is 9.78 Å². The van der Waals surface area contributed by atoms with Crippen LogP contribution in [0.25, 0.3) is 0 Å². The smallest absolute Gasteiger partial charge is 0.371 e. The van der Waals surface area contributed by atoms with Gasteiger partial charge in [-0.25, -0.2) is 0 Å². The molecular weight excluding hydrogens is 381 g/mol. The second-order valence-corrected chi connectivity index (χ2v) is 7.50. The van der Waals surface area contributed by atoms with Crippen LogP contribution in [0.2, 0.25) is 0 Å². The van der Waals surface area contributed by atoms with E-state index in [0.717, 1.165) is 30.9 Å². The normalized spacial score (nSPS) is 19.1. The number of nitriles is 1. The number of anilines is 1. The molecule has 0 bridgehead atoms. The Bertz CT molecular complexity index is 961. The predicted molar refractivity (Wildman–Crippen MR) is 100 cm³/mol. The van der Waals surface area contributed by atoms with Crippen LogP contribution < -0.4 is 10.2 Å². The first kappa shape index (κ1) is 19.2. The lowest BCUT2D eigenvalue weighted by Gasteiger charge is -2.21. The average Bonchev–Trinajstić information content (AvgIpc) is 3.38. The molecule has 1 aliphatic heterocycles. The van der Waals surface area contributed by atoms with E-state index in [1.165, 1.54) is 6.07 Å². The van der Waals surface area contributed by atoms with E-state index >= 15 is 0 Å². The third-order valence-electron chi connectivity index (χ3n) is 5.39. The van der Waals surface area contributed by atoms with Gasteiger partial charge in [0, 0.05) is 36.9 Å². The van der Waals surface area contributed by atoms with E-state index < -0.39 is 11.7 Å². The molecule has 1 saturated heterocycles. The Morgan fingerprint density at radius 1 is 1.21 bits per heavy atom. The van der Waals surface area contributed by atoms with Crippen molar-refractivity contribution in [2.24, 2.45) is 0 Å². The predicted octanol–water partition coefficient (Wildman–Crippen LogP) is 3.86. The van der Waals surface area contributed by atoms with Crippen molar-refractivity contribution in [1.82, 2.24) is 10.3 Å². The molecule has 1 saturated carbocycles. The SMILES string of the molecule is N#Cc1ccc(N2CCC(c3ccc(C(=O)NC4CC4)nc3)C2)cc1C(F)(F)F. The molecule has 2 aliphatic rings. The second-order valence-electron chi connectivity index (χ2n) is 7.50. The van der Waals surface area contributed by atoms with Crippen molar-refractivity contribution >= 4 is 11.6 Å². The number of rotatable bonds is 4. The first-order valence-corrected chi connectivity index (χ1v) is 9.48. The standard InChI is InChI=1S/C21H19F3N4O/c22-21(23,24)18-9-17(5-1-13(18)10-25)28-8-7-15(12-28)14-2-6-19(26-11-14)20(29)27-16-3-4-16/h1-2,5-6,9,11,15-16H,3-4,7-8,12H2,(H,27,29). The summed E-state index contributed by atoms with van der Waals surface area (Å²) in [7, 11) is 0. The van der Waals surface area contributed by atoms with Gasteiger partial charge in [-0.05, 0) is 49.1 Å². The molecule has 4 rings (SSSR count). The Morgan fingerprint density at radius 3 is 2.62 bits per heavy atom. The summed E-state index contributed by atoms with van der Waals surface area (Å²) in [4.78, 5) is 18.2. The van der Waals surface area contributed by atoms with Crippen molar-refractivity contribution < 1.29 is 18.0 Å². The Balaban J connectivity index is 1.46. The van der Waals surface area contributed by atoms with Crippen LogP contribution in [0.4, 0.5) is 18.9 Å². The fraction of sp³-hybridized carbons (Fsp3) is 0.381. The molecule has 1 atom stereocenters. The number of nitrogens with one attached hydrogen (secondary N) is 1. The van der Waals surface area contributed by atoms with Crippen molar-refractivity contribution in [2.75, 3.05) is 18.0 Å². The van der Waals surface area contributed by atoms with Crippen LogP contribution >= 0.6 is 0 Å². The van der Waals surface area contributed by atoms with Crippen LogP contribution in [-0.4, -0.2) is 30.0 Å². The Morgan fingerprint density at radius 2 is 2.00 bits per heavy atom. The van der Waals surface area contributed by atoms with Crippen LogP contribution in [0.1, 0.15) is 52.4 Å². The zero-order valence-electron chi connectivity index (χ0n) is 15.5. The summed E-state index contributed by atoms with van der Waals surface area (Å²) in [5, 5.41) is 11.8. The zero-order valence-corrected chi connectivity index (χ0v) is 15.5. The van der Waals surface area contributed by atoms with Crippen molar-refractivity contribution in [1.29, 1.82) is 5.26 Å². The topological polar surface area (TPSA) is 69.0 Å². The molecule has 0 radical (unpaired) electrons. The quantitative estimate of drug-likeness (QED) is 0.846. The molecule has 1 aliphatic carbocycles. The fourth-order valence-corrected chi connectivity index (χ4v) is 3.60. The summed E-state index contributed by atoms with van der Waals surface area (Å²) >= 11 is 0. The van der Waals surface area contributed by atoms with E-state index in [0.29, 0.717) is 24.5 Å². The lowest BCUT2D eigenvalue weighted by molar-refractivity contribution is -0.137. The third-order valence-corrected chi connectivity index (χ3v) is 5.39. The molecular formula is C21H19F3N4O. The molecule has 2 fully saturated rings. The summed E-state index contributed by atoms with van der Waals surface area (Å²) in [6, 6.07) is 9.25. The van der Waals surface area contributed by atoms with E-state index in [1.54, 1.807) is 24.4 Å². The Kier molecular flexibility index (Phi) is 4.91. The molecule has 2 heterocycles. The minimum absolute atomic E-state index is 0.119. The number of hydrogen-bond donors (Lipinski definition) is 1. The van der Waals surface area contributed by atoms with Gasteiger partial charge in [0.15, 0.2) is 0 Å². The molecule has 1 aromatic carbocycles. The molecule has 1 unspecified atom stereocenters. The van der Waals surface area contributed by atoms with Gasteiger partial charge in [-0.15, -0.1) is 0 Å². The fourth-order valence-electron chi connectivity index (χ4n) is 3.60. The highest BCUT2D eigenvalue weighted by Gasteiger charge is 2.35. The maximum absolute atomic E-state index is 13.2. The summed E-state index contributed by atoms with van der Waals surface area (Å²) in [5.41, 5.74) is 0.500. The van der Waals surface area contributed by atoms with Crippen LogP contribution in [0.3, 0.4) is 0 Å². The molecule has 1 amide bonds. The maximum Gasteiger partial charge on any atom is 0.417 e. The number of carbonyl (C=O) groups excluding carboxylic acids is 1. The highest BCUT2D eigenvalue weighted by Crippen LogP contribution is 2.37. The van der Waals surface area contributed by atoms with E-state index in [1.807, 2.05) is 11.0 Å². The zero-order chi connectivity index (χ0) is 20.6. The number of hydrogen-bond acceptors (Lipinski definition) is 4. The number of halogens is 3. The molecule has 1 N–H and O–H groups in total. The molecule has 1 aromatic heterocycles. The van der Waals surface area contributed by atoms with E-state index in [2.05, 4.69) is 10.3 Å². The van der Waals surface area contributed by atoms with E-state index in [4.69, 9.17) is 5.26 Å². The summed E-state index contributed by atoms with van der Waals surface area (Å²) in [6.45, 7) is 1.16. The van der Waals surface area contributed by atoms with Gasteiger partial charge in [0.25, 0.3) is 5.91 Å². The monoisotopic (exact) mass is 400 g/mol. The number of carbonyl (C=O) groups is 1. The lowest BCUT2D eigenvalue weighted by Crippen LogP contribution is -2.26. The van der Waals surface area contributed by atoms with E-state index in [-0.39, 0.29) is 23.4 Å².